The van der Waals surface area contributed by atoms with Gasteiger partial charge in [-0.15, -0.1) is 0 Å². The third-order valence-corrected chi connectivity index (χ3v) is 4.29. The largest absolute Gasteiger partial charge is 0.311 e. The molecule has 2 heteroatoms. The fraction of sp³-hybridized carbons (Fsp3) is 0.933. The van der Waals surface area contributed by atoms with Crippen LogP contribution < -0.4 is 5.32 Å². The lowest BCUT2D eigenvalue weighted by Gasteiger charge is -2.35. The molecule has 0 radical (unpaired) electrons. The first-order chi connectivity index (χ1) is 7.85. The molecule has 1 saturated carbocycles. The number of carbonyl (C=O) groups is 1. The van der Waals surface area contributed by atoms with Crippen molar-refractivity contribution in [3.8, 4) is 0 Å². The second-order valence-corrected chi connectivity index (χ2v) is 6.74. The molecule has 100 valence electrons. The van der Waals surface area contributed by atoms with Gasteiger partial charge < -0.3 is 5.32 Å². The summed E-state index contributed by atoms with van der Waals surface area (Å²) in [5.74, 6) is 1.26. The summed E-state index contributed by atoms with van der Waals surface area (Å²) in [6.45, 7) is 8.71. The molecule has 0 aromatic rings. The van der Waals surface area contributed by atoms with Crippen molar-refractivity contribution in [1.29, 1.82) is 0 Å². The van der Waals surface area contributed by atoms with Crippen LogP contribution in [-0.4, -0.2) is 18.9 Å². The van der Waals surface area contributed by atoms with E-state index in [-0.39, 0.29) is 12.0 Å². The van der Waals surface area contributed by atoms with E-state index in [4.69, 9.17) is 0 Å². The van der Waals surface area contributed by atoms with Gasteiger partial charge in [-0.1, -0.05) is 27.7 Å². The number of rotatable bonds is 5. The van der Waals surface area contributed by atoms with E-state index in [0.29, 0.717) is 11.2 Å². The second-order valence-electron chi connectivity index (χ2n) is 6.74. The zero-order valence-corrected chi connectivity index (χ0v) is 12.2. The van der Waals surface area contributed by atoms with Gasteiger partial charge >= 0.3 is 0 Å². The van der Waals surface area contributed by atoms with E-state index < -0.39 is 0 Å². The fourth-order valence-electron chi connectivity index (χ4n) is 2.81. The van der Waals surface area contributed by atoms with Gasteiger partial charge in [-0.05, 0) is 50.5 Å². The highest BCUT2D eigenvalue weighted by molar-refractivity contribution is 5.85. The lowest BCUT2D eigenvalue weighted by Crippen LogP contribution is -2.39. The molecule has 0 heterocycles. The molecule has 1 aliphatic carbocycles. The molecule has 0 bridgehead atoms. The number of Topliss-reactive ketones (excluding diaryl/α,β-unsaturated/α-hetero) is 1. The molecule has 1 atom stereocenters. The Labute approximate surface area is 107 Å². The lowest BCUT2D eigenvalue weighted by molar-refractivity contribution is -0.124. The average Bonchev–Trinajstić information content (AvgIpc) is 2.26. The van der Waals surface area contributed by atoms with E-state index in [1.165, 1.54) is 25.7 Å². The summed E-state index contributed by atoms with van der Waals surface area (Å²) in [7, 11) is 1.91. The summed E-state index contributed by atoms with van der Waals surface area (Å²) in [4.78, 5) is 12.0. The van der Waals surface area contributed by atoms with E-state index in [1.54, 1.807) is 0 Å². The van der Waals surface area contributed by atoms with Crippen molar-refractivity contribution >= 4 is 5.78 Å². The summed E-state index contributed by atoms with van der Waals surface area (Å²) < 4.78 is 0. The van der Waals surface area contributed by atoms with E-state index in [1.807, 2.05) is 20.9 Å². The summed E-state index contributed by atoms with van der Waals surface area (Å²) in [5, 5.41) is 3.20. The van der Waals surface area contributed by atoms with E-state index in [9.17, 15) is 4.79 Å². The van der Waals surface area contributed by atoms with Crippen LogP contribution >= 0.6 is 0 Å². The van der Waals surface area contributed by atoms with Crippen LogP contribution in [0.15, 0.2) is 0 Å². The van der Waals surface area contributed by atoms with Crippen LogP contribution in [0.4, 0.5) is 0 Å². The standard InChI is InChI=1S/C15H29NO/c1-11(2)14(17)13(16-5)10-12-6-8-15(3,4)9-7-12/h11-13,16H,6-10H2,1-5H3. The van der Waals surface area contributed by atoms with Crippen molar-refractivity contribution in [2.24, 2.45) is 17.3 Å². The van der Waals surface area contributed by atoms with Crippen molar-refractivity contribution in [2.45, 2.75) is 65.8 Å². The first-order valence-corrected chi connectivity index (χ1v) is 7.06. The molecule has 1 unspecified atom stereocenters. The smallest absolute Gasteiger partial charge is 0.152 e. The van der Waals surface area contributed by atoms with Gasteiger partial charge in [-0.25, -0.2) is 0 Å². The molecule has 2 nitrogen and oxygen atoms in total. The third kappa shape index (κ3) is 4.42. The van der Waals surface area contributed by atoms with Gasteiger partial charge in [-0.3, -0.25) is 4.79 Å². The molecule has 1 N–H and O–H groups in total. The van der Waals surface area contributed by atoms with Gasteiger partial charge in [0.2, 0.25) is 0 Å². The van der Waals surface area contributed by atoms with Gasteiger partial charge in [-0.2, -0.15) is 0 Å². The van der Waals surface area contributed by atoms with Crippen molar-refractivity contribution in [1.82, 2.24) is 5.32 Å². The number of hydrogen-bond acceptors (Lipinski definition) is 2. The molecule has 0 aromatic carbocycles. The van der Waals surface area contributed by atoms with Crippen LogP contribution in [0, 0.1) is 17.3 Å². The summed E-state index contributed by atoms with van der Waals surface area (Å²) >= 11 is 0. The van der Waals surface area contributed by atoms with E-state index in [2.05, 4.69) is 19.2 Å². The molecule has 0 amide bonds. The fourth-order valence-corrected chi connectivity index (χ4v) is 2.81. The highest BCUT2D eigenvalue weighted by Crippen LogP contribution is 2.39. The zero-order valence-electron chi connectivity index (χ0n) is 12.2. The highest BCUT2D eigenvalue weighted by Gasteiger charge is 2.30. The van der Waals surface area contributed by atoms with Crippen LogP contribution in [-0.2, 0) is 4.79 Å². The van der Waals surface area contributed by atoms with Crippen molar-refractivity contribution in [3.05, 3.63) is 0 Å². The van der Waals surface area contributed by atoms with Crippen LogP contribution in [0.25, 0.3) is 0 Å². The van der Waals surface area contributed by atoms with Gasteiger partial charge in [0.05, 0.1) is 6.04 Å². The Morgan fingerprint density at radius 2 is 1.82 bits per heavy atom. The Morgan fingerprint density at radius 1 is 1.29 bits per heavy atom. The number of hydrogen-bond donors (Lipinski definition) is 1. The second kappa shape index (κ2) is 5.99. The maximum Gasteiger partial charge on any atom is 0.152 e. The predicted molar refractivity (Wildman–Crippen MR) is 73.0 cm³/mol. The SMILES string of the molecule is CNC(CC1CCC(C)(C)CC1)C(=O)C(C)C. The van der Waals surface area contributed by atoms with Crippen molar-refractivity contribution in [3.63, 3.8) is 0 Å². The Balaban J connectivity index is 2.45. The van der Waals surface area contributed by atoms with E-state index in [0.717, 1.165) is 12.3 Å². The van der Waals surface area contributed by atoms with Crippen LogP contribution in [0.1, 0.15) is 59.8 Å². The average molecular weight is 239 g/mol. The number of nitrogens with one attached hydrogen (secondary N) is 1. The topological polar surface area (TPSA) is 29.1 Å². The molecular formula is C15H29NO. The molecular weight excluding hydrogens is 210 g/mol. The number of likely N-dealkylation sites (N-methyl/N-ethyl adjacent to an activating group) is 1. The molecule has 1 fully saturated rings. The Morgan fingerprint density at radius 3 is 2.24 bits per heavy atom. The molecule has 1 aliphatic rings. The Hall–Kier alpha value is -0.370. The monoisotopic (exact) mass is 239 g/mol. The minimum atomic E-state index is 0.0706. The normalized spacial score (nSPS) is 22.7. The maximum atomic E-state index is 12.0. The summed E-state index contributed by atoms with van der Waals surface area (Å²) in [6, 6.07) is 0.0706. The quantitative estimate of drug-likeness (QED) is 0.796. The van der Waals surface area contributed by atoms with Crippen LogP contribution in [0.5, 0.6) is 0 Å². The first-order valence-electron chi connectivity index (χ1n) is 7.06. The van der Waals surface area contributed by atoms with Gasteiger partial charge in [0.25, 0.3) is 0 Å². The summed E-state index contributed by atoms with van der Waals surface area (Å²) in [5.41, 5.74) is 0.522. The van der Waals surface area contributed by atoms with Crippen molar-refractivity contribution < 1.29 is 4.79 Å². The summed E-state index contributed by atoms with van der Waals surface area (Å²) in [6.07, 6.45) is 6.23. The van der Waals surface area contributed by atoms with Crippen molar-refractivity contribution in [2.75, 3.05) is 7.05 Å². The van der Waals surface area contributed by atoms with Crippen LogP contribution in [0.2, 0.25) is 0 Å². The number of carbonyl (C=O) groups excluding carboxylic acids is 1. The minimum Gasteiger partial charge on any atom is -0.311 e. The van der Waals surface area contributed by atoms with E-state index >= 15 is 0 Å². The third-order valence-electron chi connectivity index (χ3n) is 4.29. The molecule has 0 spiro atoms. The predicted octanol–water partition coefficient (Wildman–Crippen LogP) is 3.41. The molecule has 0 saturated heterocycles. The van der Waals surface area contributed by atoms with Gasteiger partial charge in [0.15, 0.2) is 5.78 Å². The van der Waals surface area contributed by atoms with Gasteiger partial charge in [0, 0.05) is 5.92 Å². The van der Waals surface area contributed by atoms with Gasteiger partial charge in [0.1, 0.15) is 0 Å². The highest BCUT2D eigenvalue weighted by atomic mass is 16.1. The molecule has 0 aliphatic heterocycles. The maximum absolute atomic E-state index is 12.0. The Kier molecular flexibility index (Phi) is 5.18. The molecule has 1 rings (SSSR count). The first kappa shape index (κ1) is 14.7. The zero-order chi connectivity index (χ0) is 13.1. The molecule has 17 heavy (non-hydrogen) atoms. The Bertz CT molecular complexity index is 248. The molecule has 0 aromatic heterocycles. The number of ketones is 1. The van der Waals surface area contributed by atoms with Crippen LogP contribution in [0.3, 0.4) is 0 Å². The lowest BCUT2D eigenvalue weighted by atomic mass is 9.71. The minimum absolute atomic E-state index is 0.0706.